The molecule has 0 saturated heterocycles. The molecule has 2 N–H and O–H groups in total. The molecule has 0 aliphatic heterocycles. The maximum Gasteiger partial charge on any atom is 0.255 e. The second-order valence-corrected chi connectivity index (χ2v) is 9.98. The summed E-state index contributed by atoms with van der Waals surface area (Å²) in [4.78, 5) is 29.6. The Morgan fingerprint density at radius 3 is 1.44 bits per heavy atom. The average Bonchev–Trinajstić information content (AvgIpc) is 2.74. The first-order valence-corrected chi connectivity index (χ1v) is 10.7. The number of anilines is 2. The Morgan fingerprint density at radius 1 is 0.625 bits per heavy atom. The number of benzene rings is 2. The van der Waals surface area contributed by atoms with Crippen LogP contribution in [0.25, 0.3) is 0 Å². The Labute approximate surface area is 190 Å². The van der Waals surface area contributed by atoms with E-state index in [0.717, 1.165) is 11.1 Å². The molecule has 32 heavy (non-hydrogen) atoms. The van der Waals surface area contributed by atoms with Crippen LogP contribution in [0.4, 0.5) is 11.4 Å². The van der Waals surface area contributed by atoms with Crippen LogP contribution in [0.5, 0.6) is 0 Å². The highest BCUT2D eigenvalue weighted by Crippen LogP contribution is 2.25. The maximum atomic E-state index is 12.8. The number of nitrogens with zero attached hydrogens (tertiary/aromatic N) is 1. The number of hydrogen-bond acceptors (Lipinski definition) is 3. The van der Waals surface area contributed by atoms with Gasteiger partial charge in [0.1, 0.15) is 0 Å². The molecule has 0 fully saturated rings. The lowest BCUT2D eigenvalue weighted by atomic mass is 9.86. The number of amides is 2. The van der Waals surface area contributed by atoms with E-state index in [0.29, 0.717) is 22.5 Å². The molecule has 1 aromatic heterocycles. The lowest BCUT2D eigenvalue weighted by Crippen LogP contribution is -2.18. The summed E-state index contributed by atoms with van der Waals surface area (Å²) in [5, 5.41) is 5.73. The molecule has 5 heteroatoms. The number of pyridine rings is 1. The van der Waals surface area contributed by atoms with Crippen molar-refractivity contribution in [2.24, 2.45) is 0 Å². The Balaban J connectivity index is 1.74. The van der Waals surface area contributed by atoms with Crippen molar-refractivity contribution in [2.45, 2.75) is 52.4 Å². The van der Waals surface area contributed by atoms with Gasteiger partial charge in [0.15, 0.2) is 0 Å². The first-order chi connectivity index (χ1) is 14.9. The van der Waals surface area contributed by atoms with Crippen LogP contribution in [0.1, 0.15) is 73.4 Å². The van der Waals surface area contributed by atoms with Gasteiger partial charge < -0.3 is 10.6 Å². The molecule has 0 aliphatic carbocycles. The third-order valence-corrected chi connectivity index (χ3v) is 5.34. The van der Waals surface area contributed by atoms with Crippen LogP contribution < -0.4 is 10.6 Å². The van der Waals surface area contributed by atoms with Gasteiger partial charge in [-0.25, -0.2) is 0 Å². The fraction of sp³-hybridized carbons (Fsp3) is 0.296. The second-order valence-electron chi connectivity index (χ2n) is 9.98. The minimum atomic E-state index is -0.261. The van der Waals surface area contributed by atoms with Crippen molar-refractivity contribution in [3.8, 4) is 0 Å². The van der Waals surface area contributed by atoms with Crippen molar-refractivity contribution in [1.29, 1.82) is 0 Å². The van der Waals surface area contributed by atoms with Gasteiger partial charge >= 0.3 is 0 Å². The van der Waals surface area contributed by atoms with Gasteiger partial charge in [0.25, 0.3) is 11.8 Å². The molecule has 1 heterocycles. The lowest BCUT2D eigenvalue weighted by molar-refractivity contribution is 0.101. The number of rotatable bonds is 4. The molecule has 3 aromatic rings. The van der Waals surface area contributed by atoms with Crippen LogP contribution in [-0.2, 0) is 10.8 Å². The minimum Gasteiger partial charge on any atom is -0.320 e. The molecule has 0 aliphatic rings. The largest absolute Gasteiger partial charge is 0.320 e. The van der Waals surface area contributed by atoms with Gasteiger partial charge in [-0.1, -0.05) is 65.8 Å². The summed E-state index contributed by atoms with van der Waals surface area (Å²) in [6.07, 6.45) is 3.10. The van der Waals surface area contributed by atoms with Gasteiger partial charge in [0, 0.05) is 17.3 Å². The fourth-order valence-corrected chi connectivity index (χ4v) is 3.24. The molecule has 0 radical (unpaired) electrons. The zero-order valence-corrected chi connectivity index (χ0v) is 19.6. The van der Waals surface area contributed by atoms with Crippen molar-refractivity contribution in [3.05, 3.63) is 89.2 Å². The van der Waals surface area contributed by atoms with E-state index in [4.69, 9.17) is 0 Å². The maximum absolute atomic E-state index is 12.8. The van der Waals surface area contributed by atoms with E-state index in [1.807, 2.05) is 36.4 Å². The highest BCUT2D eigenvalue weighted by molar-refractivity contribution is 6.09. The Morgan fingerprint density at radius 2 is 1.03 bits per heavy atom. The molecule has 3 rings (SSSR count). The summed E-state index contributed by atoms with van der Waals surface area (Å²) in [5.74, 6) is -0.509. The van der Waals surface area contributed by atoms with E-state index in [1.165, 1.54) is 6.20 Å². The van der Waals surface area contributed by atoms with Crippen molar-refractivity contribution in [2.75, 3.05) is 10.6 Å². The first kappa shape index (κ1) is 23.2. The van der Waals surface area contributed by atoms with Gasteiger partial charge in [-0.2, -0.15) is 0 Å². The third kappa shape index (κ3) is 5.61. The molecule has 0 spiro atoms. The molecule has 0 saturated carbocycles. The molecular formula is C27H31N3O2. The van der Waals surface area contributed by atoms with E-state index in [-0.39, 0.29) is 22.6 Å². The number of nitrogens with one attached hydrogen (secondary N) is 2. The van der Waals surface area contributed by atoms with E-state index < -0.39 is 0 Å². The zero-order valence-electron chi connectivity index (χ0n) is 19.6. The normalized spacial score (nSPS) is 11.7. The van der Waals surface area contributed by atoms with E-state index in [1.54, 1.807) is 24.4 Å². The predicted molar refractivity (Wildman–Crippen MR) is 130 cm³/mol. The summed E-state index contributed by atoms with van der Waals surface area (Å²) in [5.41, 5.74) is 4.36. The fourth-order valence-electron chi connectivity index (χ4n) is 3.24. The Kier molecular flexibility index (Phi) is 6.49. The van der Waals surface area contributed by atoms with Gasteiger partial charge in [-0.3, -0.25) is 14.6 Å². The lowest BCUT2D eigenvalue weighted by Gasteiger charge is -2.19. The molecule has 0 atom stereocenters. The standard InChI is InChI=1S/C27H31N3O2/c1-26(2,3)20-11-7-18(8-12-20)24(31)29-22-15-16-28-17-23(22)30-25(32)19-9-13-21(14-10-19)27(4,5)6/h7-17H,1-6H3,(H,30,32)(H,28,29,31). The SMILES string of the molecule is CC(C)(C)c1ccc(C(=O)Nc2ccncc2NC(=O)c2ccc(C(C)(C)C)cc2)cc1. The van der Waals surface area contributed by atoms with E-state index in [2.05, 4.69) is 57.2 Å². The van der Waals surface area contributed by atoms with Crippen LogP contribution in [0.2, 0.25) is 0 Å². The molecule has 2 amide bonds. The summed E-state index contributed by atoms with van der Waals surface area (Å²) >= 11 is 0. The highest BCUT2D eigenvalue weighted by atomic mass is 16.2. The van der Waals surface area contributed by atoms with Crippen LogP contribution in [-0.4, -0.2) is 16.8 Å². The summed E-state index contributed by atoms with van der Waals surface area (Å²) in [7, 11) is 0. The van der Waals surface area contributed by atoms with Crippen LogP contribution in [0, 0.1) is 0 Å². The second kappa shape index (κ2) is 8.95. The highest BCUT2D eigenvalue weighted by Gasteiger charge is 2.17. The smallest absolute Gasteiger partial charge is 0.255 e. The monoisotopic (exact) mass is 429 g/mol. The molecular weight excluding hydrogens is 398 g/mol. The van der Waals surface area contributed by atoms with E-state index >= 15 is 0 Å². The molecule has 166 valence electrons. The van der Waals surface area contributed by atoms with Gasteiger partial charge in [-0.15, -0.1) is 0 Å². The summed E-state index contributed by atoms with van der Waals surface area (Å²) in [6, 6.07) is 16.8. The number of aromatic nitrogens is 1. The Bertz CT molecular complexity index is 1010. The molecule has 5 nitrogen and oxygen atoms in total. The quantitative estimate of drug-likeness (QED) is 0.520. The van der Waals surface area contributed by atoms with Crippen LogP contribution in [0.15, 0.2) is 67.0 Å². The Hall–Kier alpha value is -3.47. The number of hydrogen-bond donors (Lipinski definition) is 2. The minimum absolute atomic E-state index is 0.0148. The number of carbonyl (C=O) groups is 2. The molecule has 0 unspecified atom stereocenters. The summed E-state index contributed by atoms with van der Waals surface area (Å²) in [6.45, 7) is 12.8. The topological polar surface area (TPSA) is 71.1 Å². The zero-order chi connectivity index (χ0) is 23.5. The van der Waals surface area contributed by atoms with Crippen molar-refractivity contribution in [3.63, 3.8) is 0 Å². The van der Waals surface area contributed by atoms with Gasteiger partial charge in [0.05, 0.1) is 17.6 Å². The number of carbonyl (C=O) groups excluding carboxylic acids is 2. The van der Waals surface area contributed by atoms with E-state index in [9.17, 15) is 9.59 Å². The first-order valence-electron chi connectivity index (χ1n) is 10.7. The average molecular weight is 430 g/mol. The predicted octanol–water partition coefficient (Wildman–Crippen LogP) is 6.18. The summed E-state index contributed by atoms with van der Waals surface area (Å²) < 4.78 is 0. The van der Waals surface area contributed by atoms with Crippen molar-refractivity contribution >= 4 is 23.2 Å². The molecule has 2 aromatic carbocycles. The van der Waals surface area contributed by atoms with Crippen LogP contribution in [0.3, 0.4) is 0 Å². The van der Waals surface area contributed by atoms with Gasteiger partial charge in [0.2, 0.25) is 0 Å². The molecule has 0 bridgehead atoms. The van der Waals surface area contributed by atoms with Crippen LogP contribution >= 0.6 is 0 Å². The van der Waals surface area contributed by atoms with Gasteiger partial charge in [-0.05, 0) is 52.3 Å². The van der Waals surface area contributed by atoms with Crippen molar-refractivity contribution < 1.29 is 9.59 Å². The van der Waals surface area contributed by atoms with Crippen molar-refractivity contribution in [1.82, 2.24) is 4.98 Å². The third-order valence-electron chi connectivity index (χ3n) is 5.34.